The number of hydrogen-bond acceptors (Lipinski definition) is 3. The molecule has 5 nitrogen and oxygen atoms in total. The van der Waals surface area contributed by atoms with E-state index in [1.54, 1.807) is 29.4 Å². The van der Waals surface area contributed by atoms with Crippen LogP contribution in [0.25, 0.3) is 5.69 Å². The summed E-state index contributed by atoms with van der Waals surface area (Å²) in [4.78, 5) is 15.8. The van der Waals surface area contributed by atoms with Crippen LogP contribution in [0.3, 0.4) is 0 Å². The second-order valence-corrected chi connectivity index (χ2v) is 4.56. The Hall–Kier alpha value is -2.82. The van der Waals surface area contributed by atoms with Gasteiger partial charge < -0.3 is 9.30 Å². The first kappa shape index (κ1) is 13.2. The van der Waals surface area contributed by atoms with Crippen molar-refractivity contribution in [1.82, 2.24) is 14.1 Å². The van der Waals surface area contributed by atoms with Gasteiger partial charge in [-0.25, -0.2) is 4.98 Å². The first-order valence-electron chi connectivity index (χ1n) is 6.69. The molecule has 0 atom stereocenters. The molecule has 21 heavy (non-hydrogen) atoms. The van der Waals surface area contributed by atoms with Gasteiger partial charge in [0.2, 0.25) is 0 Å². The summed E-state index contributed by atoms with van der Waals surface area (Å²) in [6, 6.07) is 12.6. The molecule has 0 aliphatic carbocycles. The summed E-state index contributed by atoms with van der Waals surface area (Å²) in [5.74, 6) is 0.739. The number of ether oxygens (including phenoxy) is 1. The van der Waals surface area contributed by atoms with Crippen LogP contribution in [0.4, 0.5) is 0 Å². The van der Waals surface area contributed by atoms with Crippen molar-refractivity contribution < 1.29 is 4.74 Å². The Labute approximate surface area is 122 Å². The van der Waals surface area contributed by atoms with Crippen LogP contribution in [0.1, 0.15) is 0 Å². The van der Waals surface area contributed by atoms with E-state index >= 15 is 0 Å². The minimum atomic E-state index is -0.0620. The standard InChI is InChI=1S/C16H15N3O2/c20-16-6-1-2-8-19(16)14-4-3-5-15(12-14)21-11-10-18-9-7-17-13-18/h1-9,12-13H,10-11H2. The summed E-state index contributed by atoms with van der Waals surface area (Å²) in [6.07, 6.45) is 7.13. The second-order valence-electron chi connectivity index (χ2n) is 4.56. The summed E-state index contributed by atoms with van der Waals surface area (Å²) in [5, 5.41) is 0. The Morgan fingerprint density at radius 2 is 2.05 bits per heavy atom. The highest BCUT2D eigenvalue weighted by molar-refractivity contribution is 5.39. The normalized spacial score (nSPS) is 10.5. The van der Waals surface area contributed by atoms with Gasteiger partial charge in [-0.2, -0.15) is 0 Å². The number of nitrogens with zero attached hydrogens (tertiary/aromatic N) is 3. The van der Waals surface area contributed by atoms with Gasteiger partial charge >= 0.3 is 0 Å². The third kappa shape index (κ3) is 3.20. The maximum atomic E-state index is 11.8. The Balaban J connectivity index is 1.71. The molecule has 2 heterocycles. The number of imidazole rings is 1. The number of rotatable bonds is 5. The number of aromatic nitrogens is 3. The molecule has 0 aliphatic rings. The predicted octanol–water partition coefficient (Wildman–Crippen LogP) is 2.11. The fourth-order valence-corrected chi connectivity index (χ4v) is 2.05. The van der Waals surface area contributed by atoms with Crippen molar-refractivity contribution in [3.05, 3.63) is 77.7 Å². The third-order valence-electron chi connectivity index (χ3n) is 3.10. The van der Waals surface area contributed by atoms with E-state index in [0.717, 1.165) is 18.0 Å². The first-order chi connectivity index (χ1) is 10.3. The van der Waals surface area contributed by atoms with Crippen LogP contribution in [-0.2, 0) is 6.54 Å². The van der Waals surface area contributed by atoms with Crippen molar-refractivity contribution in [2.24, 2.45) is 0 Å². The maximum absolute atomic E-state index is 11.8. The molecule has 5 heteroatoms. The van der Waals surface area contributed by atoms with E-state index in [9.17, 15) is 4.79 Å². The Bertz CT molecular complexity index is 763. The molecule has 0 aliphatic heterocycles. The second kappa shape index (κ2) is 6.09. The molecule has 0 radical (unpaired) electrons. The van der Waals surface area contributed by atoms with E-state index in [2.05, 4.69) is 4.98 Å². The summed E-state index contributed by atoms with van der Waals surface area (Å²) < 4.78 is 9.25. The van der Waals surface area contributed by atoms with Crippen LogP contribution in [0, 0.1) is 0 Å². The molecule has 0 unspecified atom stereocenters. The molecule has 0 bridgehead atoms. The molecule has 0 N–H and O–H groups in total. The molecule has 106 valence electrons. The summed E-state index contributed by atoms with van der Waals surface area (Å²) >= 11 is 0. The van der Waals surface area contributed by atoms with Gasteiger partial charge in [-0.05, 0) is 18.2 Å². The number of pyridine rings is 1. The maximum Gasteiger partial charge on any atom is 0.255 e. The zero-order valence-corrected chi connectivity index (χ0v) is 11.4. The van der Waals surface area contributed by atoms with Crippen molar-refractivity contribution in [2.45, 2.75) is 6.54 Å². The van der Waals surface area contributed by atoms with Gasteiger partial charge in [0.1, 0.15) is 12.4 Å². The van der Waals surface area contributed by atoms with Crippen LogP contribution in [0.2, 0.25) is 0 Å². The molecule has 0 spiro atoms. The van der Waals surface area contributed by atoms with Crippen LogP contribution in [-0.4, -0.2) is 20.7 Å². The molecular weight excluding hydrogens is 266 g/mol. The van der Waals surface area contributed by atoms with E-state index < -0.39 is 0 Å². The molecule has 3 aromatic rings. The van der Waals surface area contributed by atoms with Gasteiger partial charge in [0, 0.05) is 30.7 Å². The lowest BCUT2D eigenvalue weighted by atomic mass is 10.3. The van der Waals surface area contributed by atoms with Crippen LogP contribution >= 0.6 is 0 Å². The quantitative estimate of drug-likeness (QED) is 0.719. The third-order valence-corrected chi connectivity index (χ3v) is 3.10. The minimum absolute atomic E-state index is 0.0620. The molecule has 1 aromatic carbocycles. The Morgan fingerprint density at radius 3 is 2.86 bits per heavy atom. The number of hydrogen-bond donors (Lipinski definition) is 0. The lowest BCUT2D eigenvalue weighted by Crippen LogP contribution is -2.15. The van der Waals surface area contributed by atoms with E-state index in [1.807, 2.05) is 41.1 Å². The van der Waals surface area contributed by atoms with Gasteiger partial charge in [-0.1, -0.05) is 12.1 Å². The monoisotopic (exact) mass is 281 g/mol. The molecule has 0 amide bonds. The van der Waals surface area contributed by atoms with Gasteiger partial charge in [0.15, 0.2) is 0 Å². The van der Waals surface area contributed by atoms with E-state index in [1.165, 1.54) is 6.07 Å². The van der Waals surface area contributed by atoms with Crippen LogP contribution < -0.4 is 10.3 Å². The van der Waals surface area contributed by atoms with Gasteiger partial charge in [-0.3, -0.25) is 9.36 Å². The van der Waals surface area contributed by atoms with Crippen LogP contribution in [0.15, 0.2) is 72.2 Å². The lowest BCUT2D eigenvalue weighted by Gasteiger charge is -2.09. The molecule has 2 aromatic heterocycles. The summed E-state index contributed by atoms with van der Waals surface area (Å²) in [6.45, 7) is 1.28. The fraction of sp³-hybridized carbons (Fsp3) is 0.125. The smallest absolute Gasteiger partial charge is 0.255 e. The van der Waals surface area contributed by atoms with E-state index in [-0.39, 0.29) is 5.56 Å². The Kier molecular flexibility index (Phi) is 3.82. The largest absolute Gasteiger partial charge is 0.492 e. The van der Waals surface area contributed by atoms with Crippen molar-refractivity contribution >= 4 is 0 Å². The highest BCUT2D eigenvalue weighted by Gasteiger charge is 2.01. The predicted molar refractivity (Wildman–Crippen MR) is 79.8 cm³/mol. The minimum Gasteiger partial charge on any atom is -0.492 e. The molecular formula is C16H15N3O2. The molecule has 0 fully saturated rings. The zero-order valence-electron chi connectivity index (χ0n) is 11.4. The summed E-state index contributed by atoms with van der Waals surface area (Å²) in [7, 11) is 0. The SMILES string of the molecule is O=c1ccccn1-c1cccc(OCCn2ccnc2)c1. The highest BCUT2D eigenvalue weighted by atomic mass is 16.5. The van der Waals surface area contributed by atoms with E-state index in [4.69, 9.17) is 4.74 Å². The van der Waals surface area contributed by atoms with Gasteiger partial charge in [0.25, 0.3) is 5.56 Å². The van der Waals surface area contributed by atoms with Gasteiger partial charge in [-0.15, -0.1) is 0 Å². The lowest BCUT2D eigenvalue weighted by molar-refractivity contribution is 0.298. The van der Waals surface area contributed by atoms with Crippen molar-refractivity contribution in [1.29, 1.82) is 0 Å². The van der Waals surface area contributed by atoms with Crippen molar-refractivity contribution in [3.8, 4) is 11.4 Å². The molecule has 0 saturated carbocycles. The van der Waals surface area contributed by atoms with Gasteiger partial charge in [0.05, 0.1) is 18.6 Å². The number of benzene rings is 1. The molecule has 3 rings (SSSR count). The van der Waals surface area contributed by atoms with Crippen LogP contribution in [0.5, 0.6) is 5.75 Å². The average Bonchev–Trinajstić information content (AvgIpc) is 3.01. The molecule has 0 saturated heterocycles. The summed E-state index contributed by atoms with van der Waals surface area (Å²) in [5.41, 5.74) is 0.730. The first-order valence-corrected chi connectivity index (χ1v) is 6.69. The average molecular weight is 281 g/mol. The van der Waals surface area contributed by atoms with Crippen molar-refractivity contribution in [2.75, 3.05) is 6.61 Å². The fourth-order valence-electron chi connectivity index (χ4n) is 2.05. The zero-order chi connectivity index (χ0) is 14.5. The van der Waals surface area contributed by atoms with E-state index in [0.29, 0.717) is 6.61 Å². The topological polar surface area (TPSA) is 49.0 Å². The Morgan fingerprint density at radius 1 is 1.10 bits per heavy atom. The highest BCUT2D eigenvalue weighted by Crippen LogP contribution is 2.15. The van der Waals surface area contributed by atoms with Crippen molar-refractivity contribution in [3.63, 3.8) is 0 Å².